The summed E-state index contributed by atoms with van der Waals surface area (Å²) >= 11 is 3.21. The number of benzene rings is 1. The summed E-state index contributed by atoms with van der Waals surface area (Å²) in [5.41, 5.74) is -0.689. The number of ether oxygens (including phenoxy) is 2. The highest BCUT2D eigenvalue weighted by Gasteiger charge is 2.53. The SMILES string of the molecule is CC(C)(C)OC(=O)N1C2CCCC1(COC(=O)Nc1ccc(F)cc1Br)CC2. The van der Waals surface area contributed by atoms with Crippen molar-refractivity contribution in [1.29, 1.82) is 0 Å². The number of anilines is 1. The lowest BCUT2D eigenvalue weighted by Gasteiger charge is -2.44. The number of fused-ring (bicyclic) bond motifs is 2. The Bertz CT molecular complexity index is 763. The van der Waals surface area contributed by atoms with Crippen LogP contribution in [0.25, 0.3) is 0 Å². The molecule has 3 rings (SSSR count). The summed E-state index contributed by atoms with van der Waals surface area (Å²) in [6.07, 6.45) is 3.38. The van der Waals surface area contributed by atoms with Gasteiger partial charge in [0.05, 0.1) is 11.2 Å². The van der Waals surface area contributed by atoms with Crippen molar-refractivity contribution in [2.75, 3.05) is 11.9 Å². The fraction of sp³-hybridized carbons (Fsp3) is 0.600. The van der Waals surface area contributed by atoms with Crippen molar-refractivity contribution >= 4 is 33.8 Å². The summed E-state index contributed by atoms with van der Waals surface area (Å²) in [7, 11) is 0. The molecule has 2 heterocycles. The number of rotatable bonds is 3. The highest BCUT2D eigenvalue weighted by molar-refractivity contribution is 9.10. The molecule has 2 bridgehead atoms. The number of hydrogen-bond donors (Lipinski definition) is 1. The molecular weight excluding hydrogens is 431 g/mol. The molecule has 1 N–H and O–H groups in total. The van der Waals surface area contributed by atoms with Gasteiger partial charge < -0.3 is 9.47 Å². The van der Waals surface area contributed by atoms with Crippen molar-refractivity contribution in [2.24, 2.45) is 0 Å². The van der Waals surface area contributed by atoms with E-state index >= 15 is 0 Å². The summed E-state index contributed by atoms with van der Waals surface area (Å²) in [6.45, 7) is 5.63. The minimum atomic E-state index is -0.639. The number of hydrogen-bond acceptors (Lipinski definition) is 4. The van der Waals surface area contributed by atoms with Gasteiger partial charge in [-0.05, 0) is 87.0 Å². The molecule has 2 atom stereocenters. The van der Waals surface area contributed by atoms with Crippen molar-refractivity contribution in [1.82, 2.24) is 4.90 Å². The van der Waals surface area contributed by atoms with Crippen LogP contribution in [0.2, 0.25) is 0 Å². The number of carbonyl (C=O) groups excluding carboxylic acids is 2. The molecule has 0 spiro atoms. The Morgan fingerprint density at radius 2 is 2.07 bits per heavy atom. The smallest absolute Gasteiger partial charge is 0.411 e. The Labute approximate surface area is 172 Å². The Morgan fingerprint density at radius 1 is 1.32 bits per heavy atom. The van der Waals surface area contributed by atoms with Gasteiger partial charge in [0, 0.05) is 10.5 Å². The Hall–Kier alpha value is -1.83. The van der Waals surface area contributed by atoms with E-state index in [1.54, 1.807) is 4.90 Å². The van der Waals surface area contributed by atoms with Crippen molar-refractivity contribution in [2.45, 2.75) is 70.1 Å². The normalized spacial score (nSPS) is 24.0. The predicted octanol–water partition coefficient (Wildman–Crippen LogP) is 5.46. The second-order valence-corrected chi connectivity index (χ2v) is 9.34. The van der Waals surface area contributed by atoms with E-state index in [1.807, 2.05) is 20.8 Å². The number of carbonyl (C=O) groups is 2. The van der Waals surface area contributed by atoms with E-state index in [2.05, 4.69) is 21.2 Å². The molecule has 0 aromatic heterocycles. The van der Waals surface area contributed by atoms with Crippen molar-refractivity contribution < 1.29 is 23.5 Å². The fourth-order valence-corrected chi connectivity index (χ4v) is 4.51. The summed E-state index contributed by atoms with van der Waals surface area (Å²) < 4.78 is 24.7. The lowest BCUT2D eigenvalue weighted by atomic mass is 9.89. The Kier molecular flexibility index (Phi) is 5.89. The third-order valence-electron chi connectivity index (χ3n) is 5.23. The summed E-state index contributed by atoms with van der Waals surface area (Å²) in [5.74, 6) is -0.406. The van der Waals surface area contributed by atoms with Gasteiger partial charge in [-0.15, -0.1) is 0 Å². The molecule has 2 fully saturated rings. The monoisotopic (exact) mass is 456 g/mol. The number of piperidine rings is 1. The van der Waals surface area contributed by atoms with Gasteiger partial charge >= 0.3 is 12.2 Å². The summed E-state index contributed by atoms with van der Waals surface area (Å²) in [6, 6.07) is 4.10. The van der Waals surface area contributed by atoms with Crippen LogP contribution in [0.15, 0.2) is 22.7 Å². The van der Waals surface area contributed by atoms with Gasteiger partial charge in [-0.3, -0.25) is 10.2 Å². The zero-order chi connectivity index (χ0) is 20.5. The zero-order valence-corrected chi connectivity index (χ0v) is 18.0. The van der Waals surface area contributed by atoms with Gasteiger partial charge in [0.25, 0.3) is 0 Å². The van der Waals surface area contributed by atoms with E-state index in [-0.39, 0.29) is 18.7 Å². The third-order valence-corrected chi connectivity index (χ3v) is 5.88. The molecule has 2 aliphatic rings. The third kappa shape index (κ3) is 4.59. The Balaban J connectivity index is 1.67. The van der Waals surface area contributed by atoms with Crippen LogP contribution in [0, 0.1) is 5.82 Å². The topological polar surface area (TPSA) is 67.9 Å². The molecule has 6 nitrogen and oxygen atoms in total. The molecular formula is C20H26BrFN2O4. The molecule has 0 saturated carbocycles. The highest BCUT2D eigenvalue weighted by Crippen LogP contribution is 2.45. The molecule has 28 heavy (non-hydrogen) atoms. The van der Waals surface area contributed by atoms with Crippen molar-refractivity contribution in [3.05, 3.63) is 28.5 Å². The molecule has 1 aromatic rings. The fourth-order valence-electron chi connectivity index (χ4n) is 4.06. The van der Waals surface area contributed by atoms with E-state index < -0.39 is 23.1 Å². The number of nitrogens with one attached hydrogen (secondary N) is 1. The second-order valence-electron chi connectivity index (χ2n) is 8.48. The van der Waals surface area contributed by atoms with E-state index in [0.717, 1.165) is 32.1 Å². The molecule has 2 unspecified atom stereocenters. The first kappa shape index (κ1) is 20.9. The first-order valence-electron chi connectivity index (χ1n) is 9.51. The first-order valence-corrected chi connectivity index (χ1v) is 10.3. The second kappa shape index (κ2) is 7.89. The molecule has 154 valence electrons. The van der Waals surface area contributed by atoms with Crippen LogP contribution in [0.5, 0.6) is 0 Å². The maximum Gasteiger partial charge on any atom is 0.411 e. The largest absolute Gasteiger partial charge is 0.447 e. The van der Waals surface area contributed by atoms with Crippen LogP contribution in [0.1, 0.15) is 52.9 Å². The molecule has 2 aliphatic heterocycles. The number of halogens is 2. The summed E-state index contributed by atoms with van der Waals surface area (Å²) in [5, 5.41) is 2.60. The molecule has 0 aliphatic carbocycles. The van der Waals surface area contributed by atoms with Crippen molar-refractivity contribution in [3.8, 4) is 0 Å². The van der Waals surface area contributed by atoms with Gasteiger partial charge in [0.15, 0.2) is 0 Å². The lowest BCUT2D eigenvalue weighted by molar-refractivity contribution is -0.0313. The van der Waals surface area contributed by atoms with Crippen LogP contribution >= 0.6 is 15.9 Å². The quantitative estimate of drug-likeness (QED) is 0.655. The van der Waals surface area contributed by atoms with Crippen molar-refractivity contribution in [3.63, 3.8) is 0 Å². The van der Waals surface area contributed by atoms with Gasteiger partial charge in [0.1, 0.15) is 18.0 Å². The van der Waals surface area contributed by atoms with E-state index in [1.165, 1.54) is 18.2 Å². The van der Waals surface area contributed by atoms with E-state index in [9.17, 15) is 14.0 Å². The molecule has 0 radical (unpaired) electrons. The highest BCUT2D eigenvalue weighted by atomic mass is 79.9. The van der Waals surface area contributed by atoms with Gasteiger partial charge in [-0.1, -0.05) is 0 Å². The summed E-state index contributed by atoms with van der Waals surface area (Å²) in [4.78, 5) is 26.9. The maximum atomic E-state index is 13.2. The Morgan fingerprint density at radius 3 is 2.75 bits per heavy atom. The number of nitrogens with zero attached hydrogens (tertiary/aromatic N) is 1. The average Bonchev–Trinajstić information content (AvgIpc) is 2.81. The molecule has 2 amide bonds. The van der Waals surface area contributed by atoms with Gasteiger partial charge in [-0.2, -0.15) is 0 Å². The predicted molar refractivity (Wildman–Crippen MR) is 107 cm³/mol. The lowest BCUT2D eigenvalue weighted by Crippen LogP contribution is -2.57. The van der Waals surface area contributed by atoms with E-state index in [0.29, 0.717) is 10.2 Å². The number of amides is 2. The molecule has 1 aromatic carbocycles. The van der Waals surface area contributed by atoms with Gasteiger partial charge in [0.2, 0.25) is 0 Å². The van der Waals surface area contributed by atoms with Crippen LogP contribution in [-0.2, 0) is 9.47 Å². The van der Waals surface area contributed by atoms with Gasteiger partial charge in [-0.25, -0.2) is 14.0 Å². The first-order chi connectivity index (χ1) is 13.1. The standard InChI is InChI=1S/C20H26BrFN2O4/c1-19(2,3)28-18(26)24-14-5-4-9-20(24,10-8-14)12-27-17(25)23-16-7-6-13(22)11-15(16)21/h6-7,11,14H,4-5,8-10,12H2,1-3H3,(H,23,25). The minimum absolute atomic E-state index is 0.105. The van der Waals surface area contributed by atoms with Crippen LogP contribution in [0.4, 0.5) is 19.7 Å². The van der Waals surface area contributed by atoms with Crippen LogP contribution < -0.4 is 5.32 Å². The minimum Gasteiger partial charge on any atom is -0.447 e. The van der Waals surface area contributed by atoms with E-state index in [4.69, 9.17) is 9.47 Å². The zero-order valence-electron chi connectivity index (χ0n) is 16.4. The maximum absolute atomic E-state index is 13.2. The average molecular weight is 457 g/mol. The van der Waals surface area contributed by atoms with Crippen LogP contribution in [0.3, 0.4) is 0 Å². The van der Waals surface area contributed by atoms with Crippen LogP contribution in [-0.4, -0.2) is 40.9 Å². The molecule has 8 heteroatoms. The molecule has 2 saturated heterocycles.